The van der Waals surface area contributed by atoms with E-state index >= 15 is 0 Å². The molecule has 0 aliphatic heterocycles. The maximum Gasteiger partial charge on any atom is 0.375 e. The molecule has 1 amide bonds. The van der Waals surface area contributed by atoms with E-state index in [0.29, 0.717) is 15.9 Å². The zero-order valence-corrected chi connectivity index (χ0v) is 13.1. The molecule has 1 N–H and O–H groups in total. The van der Waals surface area contributed by atoms with Crippen molar-refractivity contribution in [1.29, 1.82) is 5.26 Å². The van der Waals surface area contributed by atoms with Crippen molar-refractivity contribution in [1.82, 2.24) is 0 Å². The number of nitriles is 1. The Hall–Kier alpha value is -2.59. The van der Waals surface area contributed by atoms with Gasteiger partial charge in [-0.3, -0.25) is 4.79 Å². The SMILES string of the molecule is C[C@@H](OC(=O)c1ccc(Br)o1)C(=O)Nc1ccc(C#N)cc1. The van der Waals surface area contributed by atoms with Crippen LogP contribution < -0.4 is 5.32 Å². The number of hydrogen-bond acceptors (Lipinski definition) is 5. The van der Waals surface area contributed by atoms with Gasteiger partial charge < -0.3 is 14.5 Å². The monoisotopic (exact) mass is 362 g/mol. The van der Waals surface area contributed by atoms with Gasteiger partial charge in [0.05, 0.1) is 11.6 Å². The van der Waals surface area contributed by atoms with Crippen LogP contribution in [0.25, 0.3) is 0 Å². The van der Waals surface area contributed by atoms with Gasteiger partial charge in [-0.15, -0.1) is 0 Å². The van der Waals surface area contributed by atoms with Crippen LogP contribution in [-0.2, 0) is 9.53 Å². The molecule has 112 valence electrons. The molecule has 1 aromatic heterocycles. The molecule has 22 heavy (non-hydrogen) atoms. The lowest BCUT2D eigenvalue weighted by Gasteiger charge is -2.12. The van der Waals surface area contributed by atoms with Crippen LogP contribution in [0, 0.1) is 11.3 Å². The zero-order chi connectivity index (χ0) is 16.1. The molecule has 6 nitrogen and oxygen atoms in total. The molecular formula is C15H11BrN2O4. The number of esters is 1. The van der Waals surface area contributed by atoms with Crippen LogP contribution in [0.2, 0.25) is 0 Å². The van der Waals surface area contributed by atoms with Gasteiger partial charge in [-0.2, -0.15) is 5.26 Å². The summed E-state index contributed by atoms with van der Waals surface area (Å²) in [5, 5.41) is 11.3. The molecule has 1 atom stereocenters. The Labute approximate surface area is 134 Å². The highest BCUT2D eigenvalue weighted by molar-refractivity contribution is 9.10. The minimum atomic E-state index is -0.994. The molecule has 1 aromatic carbocycles. The Kier molecular flexibility index (Phi) is 4.96. The summed E-state index contributed by atoms with van der Waals surface area (Å²) in [6.07, 6.45) is -0.994. The lowest BCUT2D eigenvalue weighted by Crippen LogP contribution is -2.29. The maximum atomic E-state index is 11.9. The molecule has 0 fully saturated rings. The van der Waals surface area contributed by atoms with Gasteiger partial charge in [0.15, 0.2) is 10.8 Å². The number of halogens is 1. The molecular weight excluding hydrogens is 352 g/mol. The summed E-state index contributed by atoms with van der Waals surface area (Å²) in [7, 11) is 0. The summed E-state index contributed by atoms with van der Waals surface area (Å²) in [6.45, 7) is 1.45. The first-order valence-electron chi connectivity index (χ1n) is 6.27. The second-order valence-corrected chi connectivity index (χ2v) is 5.11. The molecule has 7 heteroatoms. The summed E-state index contributed by atoms with van der Waals surface area (Å²) >= 11 is 3.07. The summed E-state index contributed by atoms with van der Waals surface area (Å²) in [4.78, 5) is 23.7. The third-order valence-corrected chi connectivity index (χ3v) is 3.14. The number of nitrogens with one attached hydrogen (secondary N) is 1. The number of carbonyl (C=O) groups is 2. The lowest BCUT2D eigenvalue weighted by atomic mass is 10.2. The number of rotatable bonds is 4. The molecule has 0 saturated heterocycles. The van der Waals surface area contributed by atoms with Crippen molar-refractivity contribution in [3.63, 3.8) is 0 Å². The summed E-state index contributed by atoms with van der Waals surface area (Å²) < 4.78 is 10.5. The summed E-state index contributed by atoms with van der Waals surface area (Å²) in [5.41, 5.74) is 0.994. The van der Waals surface area contributed by atoms with Crippen LogP contribution in [-0.4, -0.2) is 18.0 Å². The highest BCUT2D eigenvalue weighted by atomic mass is 79.9. The molecule has 0 aliphatic carbocycles. The fraction of sp³-hybridized carbons (Fsp3) is 0.133. The van der Waals surface area contributed by atoms with E-state index in [1.54, 1.807) is 30.3 Å². The molecule has 2 aromatic rings. The van der Waals surface area contributed by atoms with Gasteiger partial charge in [0.25, 0.3) is 5.91 Å². The summed E-state index contributed by atoms with van der Waals surface area (Å²) in [6, 6.07) is 11.3. The zero-order valence-electron chi connectivity index (χ0n) is 11.5. The van der Waals surface area contributed by atoms with E-state index in [-0.39, 0.29) is 5.76 Å². The number of benzene rings is 1. The highest BCUT2D eigenvalue weighted by Gasteiger charge is 2.21. The van der Waals surface area contributed by atoms with Crippen LogP contribution in [0.4, 0.5) is 5.69 Å². The molecule has 1 heterocycles. The van der Waals surface area contributed by atoms with E-state index in [9.17, 15) is 9.59 Å². The van der Waals surface area contributed by atoms with E-state index in [1.807, 2.05) is 6.07 Å². The van der Waals surface area contributed by atoms with E-state index in [2.05, 4.69) is 21.2 Å². The van der Waals surface area contributed by atoms with Crippen molar-refractivity contribution in [2.45, 2.75) is 13.0 Å². The Morgan fingerprint density at radius 2 is 1.95 bits per heavy atom. The third kappa shape index (κ3) is 3.96. The fourth-order valence-electron chi connectivity index (χ4n) is 1.57. The Bertz CT molecular complexity index is 731. The van der Waals surface area contributed by atoms with Crippen LogP contribution in [0.15, 0.2) is 45.5 Å². The average molecular weight is 363 g/mol. The number of ether oxygens (including phenoxy) is 1. The van der Waals surface area contributed by atoms with Crippen LogP contribution in [0.5, 0.6) is 0 Å². The number of furan rings is 1. The standard InChI is InChI=1S/C15H11BrN2O4/c1-9(21-15(20)12-6-7-13(16)22-12)14(19)18-11-4-2-10(8-17)3-5-11/h2-7,9H,1H3,(H,18,19)/t9-/m1/s1. The normalized spacial score (nSPS) is 11.3. The van der Waals surface area contributed by atoms with Gasteiger partial charge in [0.2, 0.25) is 5.76 Å². The first-order chi connectivity index (χ1) is 10.5. The quantitative estimate of drug-likeness (QED) is 0.843. The number of nitrogens with zero attached hydrogens (tertiary/aromatic N) is 1. The largest absolute Gasteiger partial charge is 0.447 e. The first-order valence-corrected chi connectivity index (χ1v) is 7.06. The highest BCUT2D eigenvalue weighted by Crippen LogP contribution is 2.16. The smallest absolute Gasteiger partial charge is 0.375 e. The predicted molar refractivity (Wildman–Crippen MR) is 81.1 cm³/mol. The van der Waals surface area contributed by atoms with Crippen molar-refractivity contribution in [3.8, 4) is 6.07 Å². The molecule has 2 rings (SSSR count). The second kappa shape index (κ2) is 6.91. The van der Waals surface area contributed by atoms with Crippen molar-refractivity contribution < 1.29 is 18.7 Å². The van der Waals surface area contributed by atoms with Crippen LogP contribution >= 0.6 is 15.9 Å². The number of amides is 1. The maximum absolute atomic E-state index is 11.9. The van der Waals surface area contributed by atoms with Crippen LogP contribution in [0.3, 0.4) is 0 Å². The average Bonchev–Trinajstić information content (AvgIpc) is 2.94. The number of hydrogen-bond donors (Lipinski definition) is 1. The first kappa shape index (κ1) is 15.8. The molecule has 0 bridgehead atoms. The van der Waals surface area contributed by atoms with Gasteiger partial charge in [0.1, 0.15) is 0 Å². The van der Waals surface area contributed by atoms with Crippen molar-refractivity contribution >= 4 is 33.5 Å². The second-order valence-electron chi connectivity index (χ2n) is 4.33. The van der Waals surface area contributed by atoms with E-state index in [1.165, 1.54) is 13.0 Å². The Morgan fingerprint density at radius 3 is 2.50 bits per heavy atom. The third-order valence-electron chi connectivity index (χ3n) is 2.71. The molecule has 0 unspecified atom stereocenters. The molecule has 0 saturated carbocycles. The minimum Gasteiger partial charge on any atom is -0.447 e. The van der Waals surface area contributed by atoms with E-state index in [4.69, 9.17) is 14.4 Å². The predicted octanol–water partition coefficient (Wildman–Crippen LogP) is 3.10. The van der Waals surface area contributed by atoms with E-state index in [0.717, 1.165) is 0 Å². The van der Waals surface area contributed by atoms with Gasteiger partial charge >= 0.3 is 5.97 Å². The van der Waals surface area contributed by atoms with Crippen molar-refractivity contribution in [2.24, 2.45) is 0 Å². The number of carbonyl (C=O) groups excluding carboxylic acids is 2. The molecule has 0 radical (unpaired) electrons. The Morgan fingerprint density at radius 1 is 1.27 bits per heavy atom. The van der Waals surface area contributed by atoms with Gasteiger partial charge in [-0.1, -0.05) is 0 Å². The van der Waals surface area contributed by atoms with Crippen molar-refractivity contribution in [3.05, 3.63) is 52.4 Å². The summed E-state index contributed by atoms with van der Waals surface area (Å²) in [5.74, 6) is -1.21. The fourth-order valence-corrected chi connectivity index (χ4v) is 1.87. The van der Waals surface area contributed by atoms with Crippen LogP contribution in [0.1, 0.15) is 23.0 Å². The molecule has 0 aliphatic rings. The van der Waals surface area contributed by atoms with Gasteiger partial charge in [-0.05, 0) is 59.3 Å². The Balaban J connectivity index is 1.94. The number of anilines is 1. The van der Waals surface area contributed by atoms with E-state index < -0.39 is 18.0 Å². The van der Waals surface area contributed by atoms with Gasteiger partial charge in [0, 0.05) is 5.69 Å². The molecule has 0 spiro atoms. The van der Waals surface area contributed by atoms with Crippen molar-refractivity contribution in [2.75, 3.05) is 5.32 Å². The lowest BCUT2D eigenvalue weighted by molar-refractivity contribution is -0.123. The van der Waals surface area contributed by atoms with Gasteiger partial charge in [-0.25, -0.2) is 4.79 Å². The minimum absolute atomic E-state index is 0.00454. The topological polar surface area (TPSA) is 92.3 Å².